The van der Waals surface area contributed by atoms with Gasteiger partial charge in [-0.25, -0.2) is 0 Å². The molecule has 0 aliphatic heterocycles. The lowest BCUT2D eigenvalue weighted by atomic mass is 10.1. The van der Waals surface area contributed by atoms with Crippen molar-refractivity contribution < 1.29 is 0 Å². The first-order valence-corrected chi connectivity index (χ1v) is 6.23. The molecule has 0 aliphatic carbocycles. The molecule has 2 N–H and O–H groups in total. The summed E-state index contributed by atoms with van der Waals surface area (Å²) in [5.74, 6) is 1.10. The quantitative estimate of drug-likeness (QED) is 0.482. The van der Waals surface area contributed by atoms with Crippen LogP contribution in [0.4, 0.5) is 0 Å². The summed E-state index contributed by atoms with van der Waals surface area (Å²) < 4.78 is 0. The molecule has 0 radical (unpaired) electrons. The molecule has 0 rings (SSSR count). The van der Waals surface area contributed by atoms with Gasteiger partial charge in [0, 0.05) is 17.0 Å². The molecule has 0 aromatic carbocycles. The Balaban J connectivity index is 3.28. The summed E-state index contributed by atoms with van der Waals surface area (Å²) in [4.78, 5) is 0. The Morgan fingerprint density at radius 3 is 2.77 bits per heavy atom. The lowest BCUT2D eigenvalue weighted by molar-refractivity contribution is 0.636. The highest BCUT2D eigenvalue weighted by Crippen LogP contribution is 2.15. The number of thioether (sulfide) groups is 1. The molecule has 0 bridgehead atoms. The van der Waals surface area contributed by atoms with Crippen LogP contribution in [0.3, 0.4) is 0 Å². The SMILES string of the molecule is C=CCCCC(N)CSC(C)CC. The Morgan fingerprint density at radius 2 is 2.23 bits per heavy atom. The Morgan fingerprint density at radius 1 is 1.54 bits per heavy atom. The molecule has 2 heteroatoms. The van der Waals surface area contributed by atoms with Gasteiger partial charge in [-0.1, -0.05) is 19.9 Å². The van der Waals surface area contributed by atoms with Crippen LogP contribution in [0.15, 0.2) is 12.7 Å². The first-order chi connectivity index (χ1) is 6.20. The lowest BCUT2D eigenvalue weighted by Crippen LogP contribution is -2.23. The van der Waals surface area contributed by atoms with Crippen molar-refractivity contribution >= 4 is 11.8 Å². The van der Waals surface area contributed by atoms with Gasteiger partial charge in [0.25, 0.3) is 0 Å². The first-order valence-electron chi connectivity index (χ1n) is 5.18. The summed E-state index contributed by atoms with van der Waals surface area (Å²) in [6.07, 6.45) is 6.63. The second-order valence-corrected chi connectivity index (χ2v) is 5.00. The molecular weight excluding hydrogens is 178 g/mol. The van der Waals surface area contributed by atoms with Crippen molar-refractivity contribution in [2.45, 2.75) is 50.8 Å². The molecule has 0 aliphatic rings. The maximum Gasteiger partial charge on any atom is 0.0130 e. The standard InChI is InChI=1S/C11H23NS/c1-4-6-7-8-11(12)9-13-10(3)5-2/h4,10-11H,1,5-9,12H2,2-3H3. The summed E-state index contributed by atoms with van der Waals surface area (Å²) in [6.45, 7) is 8.19. The normalized spacial score (nSPS) is 15.3. The molecule has 1 nitrogen and oxygen atoms in total. The maximum absolute atomic E-state index is 5.96. The van der Waals surface area contributed by atoms with Gasteiger partial charge in [0.05, 0.1) is 0 Å². The van der Waals surface area contributed by atoms with Crippen LogP contribution < -0.4 is 5.73 Å². The molecule has 2 unspecified atom stereocenters. The highest BCUT2D eigenvalue weighted by Gasteiger charge is 2.04. The van der Waals surface area contributed by atoms with E-state index in [0.717, 1.165) is 23.8 Å². The summed E-state index contributed by atoms with van der Waals surface area (Å²) in [5.41, 5.74) is 5.96. The Hall–Kier alpha value is 0.0500. The highest BCUT2D eigenvalue weighted by molar-refractivity contribution is 7.99. The first kappa shape index (κ1) is 13.1. The summed E-state index contributed by atoms with van der Waals surface area (Å²) in [7, 11) is 0. The fourth-order valence-corrected chi connectivity index (χ4v) is 1.99. The molecular formula is C11H23NS. The molecule has 0 saturated heterocycles. The van der Waals surface area contributed by atoms with Crippen LogP contribution in [0.5, 0.6) is 0 Å². The second kappa shape index (κ2) is 8.64. The Bertz CT molecular complexity index is 125. The monoisotopic (exact) mass is 201 g/mol. The van der Waals surface area contributed by atoms with Crippen LogP contribution in [0.2, 0.25) is 0 Å². The average Bonchev–Trinajstić information content (AvgIpc) is 2.14. The number of rotatable bonds is 8. The maximum atomic E-state index is 5.96. The van der Waals surface area contributed by atoms with Gasteiger partial charge in [-0.05, 0) is 25.7 Å². The summed E-state index contributed by atoms with van der Waals surface area (Å²) >= 11 is 1.99. The van der Waals surface area contributed by atoms with E-state index in [-0.39, 0.29) is 0 Å². The van der Waals surface area contributed by atoms with Gasteiger partial charge in [-0.3, -0.25) is 0 Å². The highest BCUT2D eigenvalue weighted by atomic mass is 32.2. The Kier molecular flexibility index (Phi) is 8.67. The van der Waals surface area contributed by atoms with Crippen molar-refractivity contribution in [3.63, 3.8) is 0 Å². The molecule has 78 valence electrons. The predicted octanol–water partition coefficient (Wildman–Crippen LogP) is 3.20. The van der Waals surface area contributed by atoms with Crippen LogP contribution in [0, 0.1) is 0 Å². The molecule has 0 spiro atoms. The van der Waals surface area contributed by atoms with Crippen LogP contribution in [0.25, 0.3) is 0 Å². The molecule has 0 saturated carbocycles. The molecule has 2 atom stereocenters. The van der Waals surface area contributed by atoms with Gasteiger partial charge in [0.2, 0.25) is 0 Å². The van der Waals surface area contributed by atoms with Gasteiger partial charge < -0.3 is 5.73 Å². The van der Waals surface area contributed by atoms with Crippen LogP contribution >= 0.6 is 11.8 Å². The van der Waals surface area contributed by atoms with E-state index in [9.17, 15) is 0 Å². The van der Waals surface area contributed by atoms with E-state index in [0.29, 0.717) is 6.04 Å². The number of hydrogen-bond acceptors (Lipinski definition) is 2. The van der Waals surface area contributed by atoms with Crippen molar-refractivity contribution in [3.05, 3.63) is 12.7 Å². The van der Waals surface area contributed by atoms with E-state index < -0.39 is 0 Å². The minimum atomic E-state index is 0.374. The smallest absolute Gasteiger partial charge is 0.0130 e. The number of allylic oxidation sites excluding steroid dienone is 1. The zero-order valence-corrected chi connectivity index (χ0v) is 9.78. The van der Waals surface area contributed by atoms with E-state index in [1.807, 2.05) is 17.8 Å². The minimum Gasteiger partial charge on any atom is -0.327 e. The largest absolute Gasteiger partial charge is 0.327 e. The Labute approximate surface area is 87.2 Å². The third-order valence-electron chi connectivity index (χ3n) is 2.15. The predicted molar refractivity (Wildman–Crippen MR) is 64.2 cm³/mol. The van der Waals surface area contributed by atoms with Gasteiger partial charge in [0.1, 0.15) is 0 Å². The number of nitrogens with two attached hydrogens (primary N) is 1. The number of hydrogen-bond donors (Lipinski definition) is 1. The molecule has 0 aromatic heterocycles. The van der Waals surface area contributed by atoms with E-state index in [4.69, 9.17) is 5.73 Å². The third-order valence-corrected chi connectivity index (χ3v) is 3.68. The molecule has 13 heavy (non-hydrogen) atoms. The second-order valence-electron chi connectivity index (χ2n) is 3.53. The van der Waals surface area contributed by atoms with E-state index in [1.54, 1.807) is 0 Å². The summed E-state index contributed by atoms with van der Waals surface area (Å²) in [5, 5.41) is 0.755. The molecule has 0 heterocycles. The van der Waals surface area contributed by atoms with Crippen molar-refractivity contribution in [1.82, 2.24) is 0 Å². The molecule has 0 aromatic rings. The van der Waals surface area contributed by atoms with Gasteiger partial charge in [-0.2, -0.15) is 11.8 Å². The topological polar surface area (TPSA) is 26.0 Å². The molecule has 0 fully saturated rings. The summed E-state index contributed by atoms with van der Waals surface area (Å²) in [6, 6.07) is 0.374. The average molecular weight is 201 g/mol. The van der Waals surface area contributed by atoms with Crippen molar-refractivity contribution in [2.24, 2.45) is 5.73 Å². The number of unbranched alkanes of at least 4 members (excludes halogenated alkanes) is 1. The molecule has 0 amide bonds. The fourth-order valence-electron chi connectivity index (χ4n) is 1.01. The van der Waals surface area contributed by atoms with Crippen molar-refractivity contribution in [3.8, 4) is 0 Å². The van der Waals surface area contributed by atoms with Crippen molar-refractivity contribution in [1.29, 1.82) is 0 Å². The van der Waals surface area contributed by atoms with Crippen LogP contribution in [-0.4, -0.2) is 17.0 Å². The van der Waals surface area contributed by atoms with E-state index >= 15 is 0 Å². The van der Waals surface area contributed by atoms with Gasteiger partial charge in [0.15, 0.2) is 0 Å². The van der Waals surface area contributed by atoms with Crippen molar-refractivity contribution in [2.75, 3.05) is 5.75 Å². The minimum absolute atomic E-state index is 0.374. The lowest BCUT2D eigenvalue weighted by Gasteiger charge is -2.13. The fraction of sp³-hybridized carbons (Fsp3) is 0.818. The zero-order valence-electron chi connectivity index (χ0n) is 8.96. The van der Waals surface area contributed by atoms with Crippen LogP contribution in [0.1, 0.15) is 39.5 Å². The third kappa shape index (κ3) is 8.38. The van der Waals surface area contributed by atoms with E-state index in [1.165, 1.54) is 12.8 Å². The van der Waals surface area contributed by atoms with E-state index in [2.05, 4.69) is 20.4 Å². The van der Waals surface area contributed by atoms with Gasteiger partial charge >= 0.3 is 0 Å². The zero-order chi connectivity index (χ0) is 10.1. The van der Waals surface area contributed by atoms with Gasteiger partial charge in [-0.15, -0.1) is 6.58 Å². The van der Waals surface area contributed by atoms with Crippen LogP contribution in [-0.2, 0) is 0 Å².